The number of hydrogen-bond donors (Lipinski definition) is 1. The van der Waals surface area contributed by atoms with Gasteiger partial charge in [0.25, 0.3) is 0 Å². The zero-order chi connectivity index (χ0) is 13.1. The number of pyridine rings is 1. The normalized spacial score (nSPS) is 17.2. The lowest BCUT2D eigenvalue weighted by atomic mass is 10.0. The molecule has 4 heteroatoms. The quantitative estimate of drug-likeness (QED) is 0.911. The molecule has 0 amide bonds. The summed E-state index contributed by atoms with van der Waals surface area (Å²) in [5, 5.41) is 3.37. The smallest absolute Gasteiger partial charge is 0.148 e. The molecule has 2 heterocycles. The van der Waals surface area contributed by atoms with Crippen molar-refractivity contribution in [2.24, 2.45) is 0 Å². The van der Waals surface area contributed by atoms with Crippen molar-refractivity contribution in [1.29, 1.82) is 0 Å². The average molecular weight is 254 g/mol. The first-order valence-corrected chi connectivity index (χ1v) is 6.88. The highest BCUT2D eigenvalue weighted by atomic mass is 15.0. The van der Waals surface area contributed by atoms with Gasteiger partial charge in [0.05, 0.1) is 11.4 Å². The molecule has 2 aromatic heterocycles. The van der Waals surface area contributed by atoms with Crippen molar-refractivity contribution in [2.45, 2.75) is 32.1 Å². The van der Waals surface area contributed by atoms with Crippen molar-refractivity contribution in [1.82, 2.24) is 15.0 Å². The molecule has 2 aromatic rings. The van der Waals surface area contributed by atoms with E-state index in [2.05, 4.69) is 33.3 Å². The van der Waals surface area contributed by atoms with Gasteiger partial charge < -0.3 is 5.32 Å². The van der Waals surface area contributed by atoms with E-state index < -0.39 is 0 Å². The second kappa shape index (κ2) is 5.34. The Labute approximate surface area is 113 Å². The number of anilines is 1. The first-order chi connectivity index (χ1) is 9.40. The molecule has 19 heavy (non-hydrogen) atoms. The third-order valence-electron chi connectivity index (χ3n) is 3.56. The molecule has 1 aliphatic carbocycles. The first kappa shape index (κ1) is 12.1. The molecular formula is C15H18N4. The fourth-order valence-corrected chi connectivity index (χ4v) is 2.66. The van der Waals surface area contributed by atoms with Crippen molar-refractivity contribution >= 4 is 5.82 Å². The minimum absolute atomic E-state index is 0.282. The molecule has 3 rings (SSSR count). The Bertz CT molecular complexity index is 568. The lowest BCUT2D eigenvalue weighted by Crippen LogP contribution is -2.10. The van der Waals surface area contributed by atoms with Crippen LogP contribution in [0.2, 0.25) is 0 Å². The molecule has 0 saturated heterocycles. The summed E-state index contributed by atoms with van der Waals surface area (Å²) >= 11 is 0. The number of hydrogen-bond acceptors (Lipinski definition) is 4. The van der Waals surface area contributed by atoms with E-state index in [0.717, 1.165) is 37.3 Å². The second-order valence-electron chi connectivity index (χ2n) is 4.86. The molecule has 4 nitrogen and oxygen atoms in total. The van der Waals surface area contributed by atoms with Gasteiger partial charge in [0.1, 0.15) is 5.82 Å². The highest BCUT2D eigenvalue weighted by Crippen LogP contribution is 2.37. The molecule has 1 N–H and O–H groups in total. The maximum absolute atomic E-state index is 4.55. The standard InChI is InChI=1S/C15H18N4/c1-2-7-18-15-14(17-9-10-19-15)12-6-5-11-4-3-8-16-13(11)12/h3-4,8-10,12H,2,5-7H2,1H3,(H,18,19). The lowest BCUT2D eigenvalue weighted by molar-refractivity contribution is 0.740. The molecule has 1 atom stereocenters. The molecule has 0 bridgehead atoms. The van der Waals surface area contributed by atoms with Crippen LogP contribution in [0.25, 0.3) is 0 Å². The number of nitrogens with zero attached hydrogens (tertiary/aromatic N) is 3. The Hall–Kier alpha value is -1.97. The molecular weight excluding hydrogens is 236 g/mol. The van der Waals surface area contributed by atoms with Crippen molar-refractivity contribution in [2.75, 3.05) is 11.9 Å². The fourth-order valence-electron chi connectivity index (χ4n) is 2.66. The number of rotatable bonds is 4. The van der Waals surface area contributed by atoms with Gasteiger partial charge in [-0.1, -0.05) is 13.0 Å². The zero-order valence-corrected chi connectivity index (χ0v) is 11.1. The molecule has 0 aliphatic heterocycles. The van der Waals surface area contributed by atoms with Crippen LogP contribution in [0.5, 0.6) is 0 Å². The largest absolute Gasteiger partial charge is 0.369 e. The predicted octanol–water partition coefficient (Wildman–Crippen LogP) is 2.77. The van der Waals surface area contributed by atoms with Crippen LogP contribution in [0.1, 0.15) is 42.6 Å². The Morgan fingerprint density at radius 2 is 2.00 bits per heavy atom. The van der Waals surface area contributed by atoms with E-state index in [1.54, 1.807) is 12.4 Å². The van der Waals surface area contributed by atoms with E-state index in [4.69, 9.17) is 0 Å². The summed E-state index contributed by atoms with van der Waals surface area (Å²) < 4.78 is 0. The fraction of sp³-hybridized carbons (Fsp3) is 0.400. The molecule has 0 spiro atoms. The molecule has 0 saturated carbocycles. The molecule has 1 unspecified atom stereocenters. The van der Waals surface area contributed by atoms with Crippen LogP contribution < -0.4 is 5.32 Å². The van der Waals surface area contributed by atoms with E-state index in [0.29, 0.717) is 0 Å². The van der Waals surface area contributed by atoms with Crippen LogP contribution >= 0.6 is 0 Å². The lowest BCUT2D eigenvalue weighted by Gasteiger charge is -2.14. The van der Waals surface area contributed by atoms with E-state index >= 15 is 0 Å². The van der Waals surface area contributed by atoms with Crippen LogP contribution in [-0.4, -0.2) is 21.5 Å². The molecule has 0 fully saturated rings. The molecule has 0 aromatic carbocycles. The Morgan fingerprint density at radius 3 is 2.89 bits per heavy atom. The highest BCUT2D eigenvalue weighted by Gasteiger charge is 2.28. The number of nitrogens with one attached hydrogen (secondary N) is 1. The minimum atomic E-state index is 0.282. The maximum Gasteiger partial charge on any atom is 0.148 e. The van der Waals surface area contributed by atoms with Gasteiger partial charge >= 0.3 is 0 Å². The summed E-state index contributed by atoms with van der Waals surface area (Å²) in [6.45, 7) is 3.07. The molecule has 98 valence electrons. The van der Waals surface area contributed by atoms with Gasteiger partial charge in [0, 0.05) is 31.1 Å². The van der Waals surface area contributed by atoms with Gasteiger partial charge in [-0.15, -0.1) is 0 Å². The SMILES string of the molecule is CCCNc1nccnc1C1CCc2cccnc21. The van der Waals surface area contributed by atoms with Crippen LogP contribution in [-0.2, 0) is 6.42 Å². The van der Waals surface area contributed by atoms with E-state index in [1.165, 1.54) is 11.3 Å². The van der Waals surface area contributed by atoms with Crippen LogP contribution in [0.4, 0.5) is 5.82 Å². The van der Waals surface area contributed by atoms with Crippen LogP contribution in [0, 0.1) is 0 Å². The van der Waals surface area contributed by atoms with E-state index in [9.17, 15) is 0 Å². The average Bonchev–Trinajstić information content (AvgIpc) is 2.89. The summed E-state index contributed by atoms with van der Waals surface area (Å²) in [6.07, 6.45) is 8.62. The summed E-state index contributed by atoms with van der Waals surface area (Å²) in [7, 11) is 0. The first-order valence-electron chi connectivity index (χ1n) is 6.88. The topological polar surface area (TPSA) is 50.7 Å². The summed E-state index contributed by atoms with van der Waals surface area (Å²) in [6, 6.07) is 4.17. The number of aromatic nitrogens is 3. The van der Waals surface area contributed by atoms with E-state index in [1.807, 2.05) is 12.3 Å². The second-order valence-corrected chi connectivity index (χ2v) is 4.86. The number of aryl methyl sites for hydroxylation is 1. The monoisotopic (exact) mass is 254 g/mol. The summed E-state index contributed by atoms with van der Waals surface area (Å²) in [5.41, 5.74) is 3.55. The Balaban J connectivity index is 1.95. The van der Waals surface area contributed by atoms with E-state index in [-0.39, 0.29) is 5.92 Å². The van der Waals surface area contributed by atoms with Gasteiger partial charge in [-0.3, -0.25) is 9.97 Å². The number of fused-ring (bicyclic) bond motifs is 1. The van der Waals surface area contributed by atoms with Gasteiger partial charge in [0.15, 0.2) is 0 Å². The van der Waals surface area contributed by atoms with Crippen molar-refractivity contribution in [3.05, 3.63) is 47.7 Å². The Kier molecular flexibility index (Phi) is 3.40. The maximum atomic E-state index is 4.55. The minimum Gasteiger partial charge on any atom is -0.369 e. The molecule has 0 radical (unpaired) electrons. The summed E-state index contributed by atoms with van der Waals surface area (Å²) in [4.78, 5) is 13.5. The summed E-state index contributed by atoms with van der Waals surface area (Å²) in [5.74, 6) is 1.19. The van der Waals surface area contributed by atoms with Crippen molar-refractivity contribution in [3.8, 4) is 0 Å². The highest BCUT2D eigenvalue weighted by molar-refractivity contribution is 5.47. The van der Waals surface area contributed by atoms with Crippen LogP contribution in [0.15, 0.2) is 30.7 Å². The third-order valence-corrected chi connectivity index (χ3v) is 3.56. The Morgan fingerprint density at radius 1 is 1.16 bits per heavy atom. The van der Waals surface area contributed by atoms with Crippen molar-refractivity contribution < 1.29 is 0 Å². The van der Waals surface area contributed by atoms with Gasteiger partial charge in [0.2, 0.25) is 0 Å². The van der Waals surface area contributed by atoms with Crippen LogP contribution in [0.3, 0.4) is 0 Å². The van der Waals surface area contributed by atoms with Gasteiger partial charge in [-0.25, -0.2) is 4.98 Å². The van der Waals surface area contributed by atoms with Crippen molar-refractivity contribution in [3.63, 3.8) is 0 Å². The van der Waals surface area contributed by atoms with Gasteiger partial charge in [-0.05, 0) is 30.9 Å². The predicted molar refractivity (Wildman–Crippen MR) is 75.2 cm³/mol. The van der Waals surface area contributed by atoms with Gasteiger partial charge in [-0.2, -0.15) is 0 Å². The third kappa shape index (κ3) is 2.30. The zero-order valence-electron chi connectivity index (χ0n) is 11.1. The molecule has 1 aliphatic rings.